The number of fused-ring (bicyclic) bond motifs is 9. The van der Waals surface area contributed by atoms with Gasteiger partial charge in [0.05, 0.1) is 44.5 Å². The van der Waals surface area contributed by atoms with Gasteiger partial charge in [-0.25, -0.2) is 9.97 Å². The lowest BCUT2D eigenvalue weighted by molar-refractivity contribution is 1.17. The molecule has 0 atom stereocenters. The first-order valence-electron chi connectivity index (χ1n) is 19.7. The summed E-state index contributed by atoms with van der Waals surface area (Å²) in [6, 6.07) is 73.8. The van der Waals surface area contributed by atoms with Crippen LogP contribution < -0.4 is 0 Å². The van der Waals surface area contributed by atoms with E-state index in [0.29, 0.717) is 0 Å². The van der Waals surface area contributed by atoms with E-state index in [1.54, 1.807) is 0 Å². The Morgan fingerprint density at radius 3 is 1.53 bits per heavy atom. The smallest absolute Gasteiger partial charge is 0.0973 e. The van der Waals surface area contributed by atoms with Crippen molar-refractivity contribution >= 4 is 65.4 Å². The lowest BCUT2D eigenvalue weighted by Gasteiger charge is -2.13. The molecular formula is C54H34N4. The van der Waals surface area contributed by atoms with Gasteiger partial charge in [-0.05, 0) is 71.1 Å². The summed E-state index contributed by atoms with van der Waals surface area (Å²) >= 11 is 0. The first-order chi connectivity index (χ1) is 28.8. The van der Waals surface area contributed by atoms with Crippen molar-refractivity contribution < 1.29 is 0 Å². The fourth-order valence-electron chi connectivity index (χ4n) is 8.99. The molecule has 270 valence electrons. The molecule has 0 fully saturated rings. The van der Waals surface area contributed by atoms with E-state index in [0.717, 1.165) is 56.0 Å². The fourth-order valence-corrected chi connectivity index (χ4v) is 8.99. The average Bonchev–Trinajstić information content (AvgIpc) is 3.80. The number of para-hydroxylation sites is 3. The van der Waals surface area contributed by atoms with Gasteiger partial charge in [-0.15, -0.1) is 0 Å². The van der Waals surface area contributed by atoms with E-state index in [2.05, 4.69) is 185 Å². The zero-order chi connectivity index (χ0) is 38.2. The highest BCUT2D eigenvalue weighted by Gasteiger charge is 2.21. The predicted molar refractivity (Wildman–Crippen MR) is 242 cm³/mol. The monoisotopic (exact) mass is 738 g/mol. The first-order valence-corrected chi connectivity index (χ1v) is 19.7. The van der Waals surface area contributed by atoms with Crippen molar-refractivity contribution in [3.63, 3.8) is 0 Å². The molecular weight excluding hydrogens is 705 g/mol. The van der Waals surface area contributed by atoms with E-state index in [9.17, 15) is 0 Å². The summed E-state index contributed by atoms with van der Waals surface area (Å²) in [4.78, 5) is 10.3. The van der Waals surface area contributed by atoms with Crippen LogP contribution in [0.25, 0.3) is 110 Å². The maximum Gasteiger partial charge on any atom is 0.0973 e. The molecule has 0 bridgehead atoms. The van der Waals surface area contributed by atoms with E-state index in [-0.39, 0.29) is 0 Å². The normalized spacial score (nSPS) is 11.8. The second kappa shape index (κ2) is 12.9. The Kier molecular flexibility index (Phi) is 7.20. The van der Waals surface area contributed by atoms with Crippen LogP contribution in [0.3, 0.4) is 0 Å². The first kappa shape index (κ1) is 32.4. The van der Waals surface area contributed by atoms with Crippen molar-refractivity contribution in [2.75, 3.05) is 0 Å². The van der Waals surface area contributed by atoms with Crippen LogP contribution >= 0.6 is 0 Å². The Bertz CT molecular complexity index is 3530. The van der Waals surface area contributed by atoms with Crippen molar-refractivity contribution in [3.05, 3.63) is 206 Å². The molecule has 0 N–H and O–H groups in total. The van der Waals surface area contributed by atoms with Gasteiger partial charge in [0, 0.05) is 49.4 Å². The van der Waals surface area contributed by atoms with E-state index < -0.39 is 0 Å². The summed E-state index contributed by atoms with van der Waals surface area (Å²) in [5, 5.41) is 7.40. The van der Waals surface area contributed by atoms with E-state index >= 15 is 0 Å². The van der Waals surface area contributed by atoms with Crippen molar-refractivity contribution in [2.24, 2.45) is 0 Å². The van der Waals surface area contributed by atoms with Gasteiger partial charge in [-0.3, -0.25) is 0 Å². The largest absolute Gasteiger partial charge is 0.309 e. The van der Waals surface area contributed by atoms with Gasteiger partial charge in [0.2, 0.25) is 0 Å². The van der Waals surface area contributed by atoms with Crippen molar-refractivity contribution in [1.82, 2.24) is 19.1 Å². The van der Waals surface area contributed by atoms with Crippen LogP contribution in [0.1, 0.15) is 0 Å². The Balaban J connectivity index is 1.14. The third kappa shape index (κ3) is 5.02. The minimum Gasteiger partial charge on any atom is -0.309 e. The number of rotatable bonds is 5. The molecule has 12 rings (SSSR count). The number of benzene rings is 9. The molecule has 0 spiro atoms. The van der Waals surface area contributed by atoms with Crippen LogP contribution in [0, 0.1) is 0 Å². The molecule has 4 nitrogen and oxygen atoms in total. The summed E-state index contributed by atoms with van der Waals surface area (Å²) in [7, 11) is 0. The molecule has 0 radical (unpaired) electrons. The van der Waals surface area contributed by atoms with Crippen molar-refractivity contribution in [1.29, 1.82) is 0 Å². The highest BCUT2D eigenvalue weighted by atomic mass is 15.0. The number of hydrogen-bond donors (Lipinski definition) is 0. The molecule has 0 aliphatic rings. The minimum absolute atomic E-state index is 0.867. The summed E-state index contributed by atoms with van der Waals surface area (Å²) < 4.78 is 4.89. The quantitative estimate of drug-likeness (QED) is 0.176. The van der Waals surface area contributed by atoms with Gasteiger partial charge >= 0.3 is 0 Å². The summed E-state index contributed by atoms with van der Waals surface area (Å²) in [5.41, 5.74) is 14.9. The standard InChI is InChI=1S/C54H34N4/c1-4-14-35(15-5-1)39-27-30-43-45-33-46-44-31-26-36-16-10-11-21-42(36)54(44)58(40-19-8-3-9-20-40)51(46)34-50(45)57(49(43)32-39)41-28-24-38(25-29-41)53-52(37-17-6-2-7-18-37)55-47-22-12-13-23-48(47)56-53/h1-34H. The molecule has 0 aliphatic carbocycles. The Labute approximate surface area is 334 Å². The summed E-state index contributed by atoms with van der Waals surface area (Å²) in [5.74, 6) is 0. The molecule has 58 heavy (non-hydrogen) atoms. The third-order valence-corrected chi connectivity index (χ3v) is 11.7. The molecule has 0 amide bonds. The lowest BCUT2D eigenvalue weighted by Crippen LogP contribution is -1.98. The van der Waals surface area contributed by atoms with Crippen LogP contribution in [-0.2, 0) is 0 Å². The van der Waals surface area contributed by atoms with E-state index in [1.807, 2.05) is 30.3 Å². The molecule has 4 heteroatoms. The van der Waals surface area contributed by atoms with Crippen LogP contribution in [0.2, 0.25) is 0 Å². The number of aromatic nitrogens is 4. The fraction of sp³-hybridized carbons (Fsp3) is 0. The molecule has 0 saturated carbocycles. The van der Waals surface area contributed by atoms with Crippen LogP contribution in [0.4, 0.5) is 0 Å². The second-order valence-electron chi connectivity index (χ2n) is 15.0. The molecule has 3 aromatic heterocycles. The average molecular weight is 739 g/mol. The molecule has 3 heterocycles. The van der Waals surface area contributed by atoms with Gasteiger partial charge in [0.15, 0.2) is 0 Å². The van der Waals surface area contributed by atoms with Crippen LogP contribution in [0.15, 0.2) is 206 Å². The van der Waals surface area contributed by atoms with Crippen molar-refractivity contribution in [2.45, 2.75) is 0 Å². The highest BCUT2D eigenvalue weighted by molar-refractivity contribution is 6.23. The Morgan fingerprint density at radius 2 is 0.810 bits per heavy atom. The third-order valence-electron chi connectivity index (χ3n) is 11.7. The lowest BCUT2D eigenvalue weighted by atomic mass is 10.0. The molecule has 12 aromatic rings. The summed E-state index contributed by atoms with van der Waals surface area (Å²) in [6.07, 6.45) is 0. The van der Waals surface area contributed by atoms with E-state index in [1.165, 1.54) is 54.5 Å². The van der Waals surface area contributed by atoms with Gasteiger partial charge < -0.3 is 9.13 Å². The predicted octanol–water partition coefficient (Wildman–Crippen LogP) is 14.0. The van der Waals surface area contributed by atoms with Crippen LogP contribution in [0.5, 0.6) is 0 Å². The van der Waals surface area contributed by atoms with Gasteiger partial charge in [-0.2, -0.15) is 0 Å². The second-order valence-corrected chi connectivity index (χ2v) is 15.0. The maximum absolute atomic E-state index is 5.20. The highest BCUT2D eigenvalue weighted by Crippen LogP contribution is 2.43. The number of nitrogens with zero attached hydrogens (tertiary/aromatic N) is 4. The van der Waals surface area contributed by atoms with E-state index in [4.69, 9.17) is 9.97 Å². The Hall–Kier alpha value is -7.82. The van der Waals surface area contributed by atoms with Gasteiger partial charge in [0.1, 0.15) is 0 Å². The zero-order valence-corrected chi connectivity index (χ0v) is 31.4. The Morgan fingerprint density at radius 1 is 0.293 bits per heavy atom. The molecule has 9 aromatic carbocycles. The topological polar surface area (TPSA) is 35.6 Å². The van der Waals surface area contributed by atoms with Gasteiger partial charge in [0.25, 0.3) is 0 Å². The SMILES string of the molecule is c1ccc(-c2ccc3c4cc5c6ccc7ccccc7c6n(-c6ccccc6)c5cc4n(-c4ccc(-c5nc6ccccc6nc5-c5ccccc5)cc4)c3c2)cc1. The van der Waals surface area contributed by atoms with Gasteiger partial charge in [-0.1, -0.05) is 152 Å². The number of hydrogen-bond acceptors (Lipinski definition) is 2. The summed E-state index contributed by atoms with van der Waals surface area (Å²) in [6.45, 7) is 0. The van der Waals surface area contributed by atoms with Crippen molar-refractivity contribution in [3.8, 4) is 45.0 Å². The maximum atomic E-state index is 5.20. The molecule has 0 saturated heterocycles. The molecule has 0 unspecified atom stereocenters. The van der Waals surface area contributed by atoms with Crippen LogP contribution in [-0.4, -0.2) is 19.1 Å². The molecule has 0 aliphatic heterocycles. The zero-order valence-electron chi connectivity index (χ0n) is 31.4. The minimum atomic E-state index is 0.867.